The Morgan fingerprint density at radius 2 is 1.71 bits per heavy atom. The van der Waals surface area contributed by atoms with Gasteiger partial charge in [0, 0.05) is 18.4 Å². The maximum Gasteiger partial charge on any atom is 0.333 e. The van der Waals surface area contributed by atoms with Crippen LogP contribution in [0, 0.1) is 0 Å². The summed E-state index contributed by atoms with van der Waals surface area (Å²) < 4.78 is 9.46. The van der Waals surface area contributed by atoms with Gasteiger partial charge in [-0.05, 0) is 24.9 Å². The van der Waals surface area contributed by atoms with Gasteiger partial charge < -0.3 is 9.47 Å². The zero-order valence-electron chi connectivity index (χ0n) is 9.66. The summed E-state index contributed by atoms with van der Waals surface area (Å²) in [6.07, 6.45) is 0.612. The Bertz CT molecular complexity index is 311. The molecule has 0 aliphatic heterocycles. The van der Waals surface area contributed by atoms with E-state index in [1.54, 1.807) is 0 Å². The van der Waals surface area contributed by atoms with Crippen LogP contribution in [-0.4, -0.2) is 30.4 Å². The van der Waals surface area contributed by atoms with E-state index >= 15 is 0 Å². The monoisotopic (exact) mass is 262 g/mol. The summed E-state index contributed by atoms with van der Waals surface area (Å²) in [6, 6.07) is 0. The van der Waals surface area contributed by atoms with Crippen molar-refractivity contribution >= 4 is 28.8 Å². The molecule has 0 rings (SSSR count). The minimum atomic E-state index is -0.520. The highest BCUT2D eigenvalue weighted by molar-refractivity contribution is 6.63. The molecule has 0 aliphatic rings. The molecule has 6 heteroatoms. The number of hydrogen-bond donors (Lipinski definition) is 0. The van der Waals surface area contributed by atoms with Gasteiger partial charge in [0.25, 0.3) is 0 Å². The number of carbonyl (C=O) groups is 3. The predicted molar refractivity (Wildman–Crippen MR) is 61.4 cm³/mol. The molecule has 0 bridgehead atoms. The molecule has 0 fully saturated rings. The van der Waals surface area contributed by atoms with Crippen molar-refractivity contribution in [1.29, 1.82) is 0 Å². The SMILES string of the molecule is C=C(C)C(=O)OCCOC(=O)CCCC(=O)Cl. The summed E-state index contributed by atoms with van der Waals surface area (Å²) in [7, 11) is 0. The fraction of sp³-hybridized carbons (Fsp3) is 0.545. The summed E-state index contributed by atoms with van der Waals surface area (Å²) in [6.45, 7) is 4.91. The molecular formula is C11H15ClO5. The number of carbonyl (C=O) groups excluding carboxylic acids is 3. The Kier molecular flexibility index (Phi) is 8.05. The normalized spacial score (nSPS) is 9.53. The topological polar surface area (TPSA) is 69.7 Å². The van der Waals surface area contributed by atoms with Crippen molar-refractivity contribution < 1.29 is 23.9 Å². The lowest BCUT2D eigenvalue weighted by molar-refractivity contribution is -0.150. The molecule has 0 aromatic heterocycles. The molecule has 0 atom stereocenters. The van der Waals surface area contributed by atoms with Crippen molar-refractivity contribution in [2.24, 2.45) is 0 Å². The third kappa shape index (κ3) is 9.56. The number of hydrogen-bond acceptors (Lipinski definition) is 5. The lowest BCUT2D eigenvalue weighted by Crippen LogP contribution is -2.14. The molecule has 0 unspecified atom stereocenters. The van der Waals surface area contributed by atoms with E-state index in [2.05, 4.69) is 6.58 Å². The minimum Gasteiger partial charge on any atom is -0.462 e. The molecule has 0 spiro atoms. The van der Waals surface area contributed by atoms with Crippen LogP contribution in [0.4, 0.5) is 0 Å². The molecule has 0 aromatic rings. The number of ether oxygens (including phenoxy) is 2. The maximum absolute atomic E-state index is 11.1. The van der Waals surface area contributed by atoms with Crippen LogP contribution >= 0.6 is 11.6 Å². The smallest absolute Gasteiger partial charge is 0.333 e. The van der Waals surface area contributed by atoms with Crippen LogP contribution in [0.25, 0.3) is 0 Å². The maximum atomic E-state index is 11.1. The van der Waals surface area contributed by atoms with Crippen LogP contribution in [0.3, 0.4) is 0 Å². The molecule has 0 radical (unpaired) electrons. The Hall–Kier alpha value is -1.36. The van der Waals surface area contributed by atoms with Gasteiger partial charge in [-0.25, -0.2) is 4.79 Å². The third-order valence-corrected chi connectivity index (χ3v) is 1.87. The number of halogens is 1. The highest BCUT2D eigenvalue weighted by Crippen LogP contribution is 2.01. The first-order valence-electron chi connectivity index (χ1n) is 5.10. The van der Waals surface area contributed by atoms with E-state index in [1.165, 1.54) is 6.92 Å². The molecule has 17 heavy (non-hydrogen) atoms. The van der Waals surface area contributed by atoms with Gasteiger partial charge in [-0.3, -0.25) is 9.59 Å². The number of rotatable bonds is 8. The van der Waals surface area contributed by atoms with Gasteiger partial charge in [-0.1, -0.05) is 6.58 Å². The second-order valence-electron chi connectivity index (χ2n) is 3.35. The summed E-state index contributed by atoms with van der Waals surface area (Å²) in [5.74, 6) is -0.969. The molecule has 96 valence electrons. The fourth-order valence-electron chi connectivity index (χ4n) is 0.857. The molecule has 0 aromatic carbocycles. The van der Waals surface area contributed by atoms with Crippen LogP contribution in [0.1, 0.15) is 26.2 Å². The van der Waals surface area contributed by atoms with E-state index in [1.807, 2.05) is 0 Å². The molecule has 0 saturated carbocycles. The molecule has 0 heterocycles. The van der Waals surface area contributed by atoms with Gasteiger partial charge in [0.15, 0.2) is 0 Å². The van der Waals surface area contributed by atoms with E-state index in [0.29, 0.717) is 6.42 Å². The first-order chi connectivity index (χ1) is 7.93. The van der Waals surface area contributed by atoms with Crippen LogP contribution < -0.4 is 0 Å². The summed E-state index contributed by atoms with van der Waals surface area (Å²) >= 11 is 5.10. The van der Waals surface area contributed by atoms with Crippen molar-refractivity contribution in [3.8, 4) is 0 Å². The standard InChI is InChI=1S/C11H15ClO5/c1-8(2)11(15)17-7-6-16-10(14)5-3-4-9(12)13/h1,3-7H2,2H3. The zero-order valence-corrected chi connectivity index (χ0v) is 10.4. The van der Waals surface area contributed by atoms with Crippen LogP contribution in [0.2, 0.25) is 0 Å². The highest BCUT2D eigenvalue weighted by Gasteiger charge is 2.06. The van der Waals surface area contributed by atoms with Crippen LogP contribution in [0.15, 0.2) is 12.2 Å². The molecule has 0 amide bonds. The molecule has 0 saturated heterocycles. The van der Waals surface area contributed by atoms with Gasteiger partial charge in [-0.2, -0.15) is 0 Å². The summed E-state index contributed by atoms with van der Waals surface area (Å²) in [5.41, 5.74) is 0.289. The van der Waals surface area contributed by atoms with E-state index in [9.17, 15) is 14.4 Å². The quantitative estimate of drug-likeness (QED) is 0.287. The molecular weight excluding hydrogens is 248 g/mol. The second-order valence-corrected chi connectivity index (χ2v) is 3.77. The Balaban J connectivity index is 3.48. The van der Waals surface area contributed by atoms with E-state index < -0.39 is 17.2 Å². The Morgan fingerprint density at radius 1 is 1.12 bits per heavy atom. The average Bonchev–Trinajstić information content (AvgIpc) is 2.23. The highest BCUT2D eigenvalue weighted by atomic mass is 35.5. The van der Waals surface area contributed by atoms with Gasteiger partial charge in [0.2, 0.25) is 5.24 Å². The summed E-state index contributed by atoms with van der Waals surface area (Å²) in [4.78, 5) is 32.4. The lowest BCUT2D eigenvalue weighted by atomic mass is 10.2. The predicted octanol–water partition coefficient (Wildman–Crippen LogP) is 1.58. The molecule has 5 nitrogen and oxygen atoms in total. The van der Waals surface area contributed by atoms with Crippen molar-refractivity contribution in [2.75, 3.05) is 13.2 Å². The minimum absolute atomic E-state index is 0.00727. The van der Waals surface area contributed by atoms with Crippen molar-refractivity contribution in [3.05, 3.63) is 12.2 Å². The van der Waals surface area contributed by atoms with Crippen LogP contribution in [0.5, 0.6) is 0 Å². The lowest BCUT2D eigenvalue weighted by Gasteiger charge is -2.05. The van der Waals surface area contributed by atoms with E-state index in [-0.39, 0.29) is 31.6 Å². The van der Waals surface area contributed by atoms with Crippen LogP contribution in [-0.2, 0) is 23.9 Å². The summed E-state index contributed by atoms with van der Waals surface area (Å²) in [5, 5.41) is -0.479. The van der Waals surface area contributed by atoms with Crippen molar-refractivity contribution in [1.82, 2.24) is 0 Å². The second kappa shape index (κ2) is 8.75. The molecule has 0 aliphatic carbocycles. The van der Waals surface area contributed by atoms with Crippen molar-refractivity contribution in [3.63, 3.8) is 0 Å². The zero-order chi connectivity index (χ0) is 13.3. The van der Waals surface area contributed by atoms with Gasteiger partial charge in [-0.15, -0.1) is 0 Å². The third-order valence-electron chi connectivity index (χ3n) is 1.68. The first-order valence-corrected chi connectivity index (χ1v) is 5.48. The van der Waals surface area contributed by atoms with Gasteiger partial charge in [0.05, 0.1) is 0 Å². The van der Waals surface area contributed by atoms with Crippen molar-refractivity contribution in [2.45, 2.75) is 26.2 Å². The van der Waals surface area contributed by atoms with Gasteiger partial charge in [0.1, 0.15) is 13.2 Å². The Morgan fingerprint density at radius 3 is 2.24 bits per heavy atom. The fourth-order valence-corrected chi connectivity index (χ4v) is 0.991. The van der Waals surface area contributed by atoms with E-state index in [4.69, 9.17) is 21.1 Å². The Labute approximate surface area is 105 Å². The largest absolute Gasteiger partial charge is 0.462 e. The average molecular weight is 263 g/mol. The first kappa shape index (κ1) is 15.6. The number of esters is 2. The van der Waals surface area contributed by atoms with E-state index in [0.717, 1.165) is 0 Å². The van der Waals surface area contributed by atoms with Gasteiger partial charge >= 0.3 is 11.9 Å². The molecule has 0 N–H and O–H groups in total.